The van der Waals surface area contributed by atoms with E-state index in [4.69, 9.17) is 4.74 Å². The van der Waals surface area contributed by atoms with Crippen LogP contribution in [0.5, 0.6) is 5.75 Å². The fourth-order valence-corrected chi connectivity index (χ4v) is 4.33. The number of rotatable bonds is 7. The number of pyridine rings is 1. The van der Waals surface area contributed by atoms with E-state index in [1.807, 2.05) is 59.5 Å². The highest BCUT2D eigenvalue weighted by Gasteiger charge is 2.30. The quantitative estimate of drug-likeness (QED) is 0.587. The Morgan fingerprint density at radius 2 is 1.88 bits per heavy atom. The van der Waals surface area contributed by atoms with Crippen molar-refractivity contribution in [3.8, 4) is 5.75 Å². The first-order valence-corrected chi connectivity index (χ1v) is 11.5. The van der Waals surface area contributed by atoms with Crippen molar-refractivity contribution < 1.29 is 14.3 Å². The summed E-state index contributed by atoms with van der Waals surface area (Å²) in [5.74, 6) is 0.734. The van der Waals surface area contributed by atoms with Gasteiger partial charge in [0, 0.05) is 57.5 Å². The fourth-order valence-electron chi connectivity index (χ4n) is 4.33. The third-order valence-corrected chi connectivity index (χ3v) is 6.10. The number of carbonyl (C=O) groups is 2. The van der Waals surface area contributed by atoms with E-state index in [0.29, 0.717) is 31.8 Å². The summed E-state index contributed by atoms with van der Waals surface area (Å²) in [6, 6.07) is 21.2. The highest BCUT2D eigenvalue weighted by Crippen LogP contribution is 2.29. The summed E-state index contributed by atoms with van der Waals surface area (Å²) in [5.41, 5.74) is 3.52. The Kier molecular flexibility index (Phi) is 7.54. The molecule has 2 heterocycles. The van der Waals surface area contributed by atoms with Gasteiger partial charge >= 0.3 is 0 Å². The maximum atomic E-state index is 12.4. The smallest absolute Gasteiger partial charge is 0.251 e. The van der Waals surface area contributed by atoms with E-state index in [-0.39, 0.29) is 17.9 Å². The molecule has 34 heavy (non-hydrogen) atoms. The van der Waals surface area contributed by atoms with Gasteiger partial charge in [-0.1, -0.05) is 36.4 Å². The Morgan fingerprint density at radius 3 is 2.65 bits per heavy atom. The summed E-state index contributed by atoms with van der Waals surface area (Å²) >= 11 is 0. The molecular weight excluding hydrogens is 428 g/mol. The number of ether oxygens (including phenoxy) is 1. The molecule has 0 unspecified atom stereocenters. The predicted molar refractivity (Wildman–Crippen MR) is 130 cm³/mol. The topological polar surface area (TPSA) is 74.8 Å². The van der Waals surface area contributed by atoms with E-state index >= 15 is 0 Å². The van der Waals surface area contributed by atoms with Crippen LogP contribution in [0.25, 0.3) is 0 Å². The van der Waals surface area contributed by atoms with Crippen LogP contribution in [0.3, 0.4) is 0 Å². The van der Waals surface area contributed by atoms with E-state index in [2.05, 4.69) is 21.3 Å². The minimum Gasteiger partial charge on any atom is -0.487 e. The Balaban J connectivity index is 1.51. The Hall–Kier alpha value is -3.71. The highest BCUT2D eigenvalue weighted by molar-refractivity contribution is 5.94. The lowest BCUT2D eigenvalue weighted by Crippen LogP contribution is -2.49. The zero-order valence-electron chi connectivity index (χ0n) is 19.6. The number of aromatic nitrogens is 1. The third-order valence-electron chi connectivity index (χ3n) is 6.10. The molecule has 1 atom stereocenters. The van der Waals surface area contributed by atoms with Gasteiger partial charge in [-0.05, 0) is 35.9 Å². The molecule has 1 aromatic heterocycles. The third kappa shape index (κ3) is 5.61. The van der Waals surface area contributed by atoms with E-state index in [0.717, 1.165) is 29.1 Å². The van der Waals surface area contributed by atoms with Gasteiger partial charge in [0.2, 0.25) is 5.91 Å². The normalized spacial score (nSPS) is 16.2. The molecule has 2 amide bonds. The van der Waals surface area contributed by atoms with Crippen LogP contribution in [0, 0.1) is 0 Å². The molecular formula is C27H30N4O3. The van der Waals surface area contributed by atoms with E-state index in [1.165, 1.54) is 0 Å². The monoisotopic (exact) mass is 458 g/mol. The Morgan fingerprint density at radius 1 is 1.06 bits per heavy atom. The molecule has 0 spiro atoms. The number of hydrogen-bond donors (Lipinski definition) is 1. The molecule has 176 valence electrons. The van der Waals surface area contributed by atoms with Crippen molar-refractivity contribution >= 4 is 11.8 Å². The number of nitrogens with one attached hydrogen (secondary N) is 1. The number of amides is 2. The van der Waals surface area contributed by atoms with Crippen molar-refractivity contribution in [1.29, 1.82) is 0 Å². The Bertz CT molecular complexity index is 1140. The second-order valence-electron chi connectivity index (χ2n) is 8.39. The van der Waals surface area contributed by atoms with Crippen molar-refractivity contribution in [3.63, 3.8) is 0 Å². The van der Waals surface area contributed by atoms with E-state index < -0.39 is 0 Å². The average Bonchev–Trinajstić information content (AvgIpc) is 2.88. The van der Waals surface area contributed by atoms with Crippen LogP contribution in [0.15, 0.2) is 72.9 Å². The number of nitrogens with zero attached hydrogens (tertiary/aromatic N) is 3. The molecule has 7 nitrogen and oxygen atoms in total. The molecule has 1 aliphatic heterocycles. The summed E-state index contributed by atoms with van der Waals surface area (Å²) in [7, 11) is 1.62. The predicted octanol–water partition coefficient (Wildman–Crippen LogP) is 3.43. The molecule has 4 rings (SSSR count). The fraction of sp³-hybridized carbons (Fsp3) is 0.296. The van der Waals surface area contributed by atoms with E-state index in [1.54, 1.807) is 26.2 Å². The van der Waals surface area contributed by atoms with Crippen LogP contribution in [-0.4, -0.2) is 53.3 Å². The van der Waals surface area contributed by atoms with Gasteiger partial charge in [-0.2, -0.15) is 0 Å². The van der Waals surface area contributed by atoms with Crippen LogP contribution in [0.2, 0.25) is 0 Å². The van der Waals surface area contributed by atoms with Gasteiger partial charge in [0.25, 0.3) is 5.91 Å². The summed E-state index contributed by atoms with van der Waals surface area (Å²) < 4.78 is 6.09. The van der Waals surface area contributed by atoms with Gasteiger partial charge in [0.15, 0.2) is 0 Å². The van der Waals surface area contributed by atoms with Crippen LogP contribution in [0.1, 0.15) is 40.1 Å². The van der Waals surface area contributed by atoms with Crippen LogP contribution < -0.4 is 10.1 Å². The molecule has 3 aromatic rings. The van der Waals surface area contributed by atoms with E-state index in [9.17, 15) is 9.59 Å². The zero-order valence-corrected chi connectivity index (χ0v) is 19.6. The van der Waals surface area contributed by atoms with Gasteiger partial charge < -0.3 is 15.0 Å². The molecule has 2 aromatic carbocycles. The summed E-state index contributed by atoms with van der Waals surface area (Å²) in [6.07, 6.45) is 1.76. The molecule has 0 saturated carbocycles. The molecule has 0 aliphatic carbocycles. The van der Waals surface area contributed by atoms with Gasteiger partial charge in [-0.15, -0.1) is 0 Å². The Labute approximate surface area is 200 Å². The van der Waals surface area contributed by atoms with Crippen LogP contribution >= 0.6 is 0 Å². The first-order valence-electron chi connectivity index (χ1n) is 11.5. The molecule has 1 fully saturated rings. The lowest BCUT2D eigenvalue weighted by atomic mass is 9.99. The average molecular weight is 459 g/mol. The lowest BCUT2D eigenvalue weighted by molar-refractivity contribution is -0.134. The minimum atomic E-state index is -0.136. The van der Waals surface area contributed by atoms with Gasteiger partial charge in [-0.25, -0.2) is 0 Å². The number of hydrogen-bond acceptors (Lipinski definition) is 5. The maximum Gasteiger partial charge on any atom is 0.251 e. The second kappa shape index (κ2) is 10.9. The molecule has 7 heteroatoms. The molecule has 1 saturated heterocycles. The summed E-state index contributed by atoms with van der Waals surface area (Å²) in [5, 5.41) is 2.67. The number of para-hydroxylation sites is 1. The van der Waals surface area contributed by atoms with Crippen LogP contribution in [0.4, 0.5) is 0 Å². The summed E-state index contributed by atoms with van der Waals surface area (Å²) in [6.45, 7) is 4.78. The van der Waals surface area contributed by atoms with Gasteiger partial charge in [0.05, 0.1) is 11.7 Å². The standard InChI is InChI=1S/C27H30N4O3/c1-20(32)31-15-14-30(18-25(31)21-9-7-10-22(16-21)27(33)28-2)17-23-8-3-4-12-26(23)34-19-24-11-5-6-13-29-24/h3-13,16,25H,14-15,17-19H2,1-2H3,(H,28,33)/t25-/m1/s1. The number of benzene rings is 2. The zero-order chi connectivity index (χ0) is 23.9. The number of piperazine rings is 1. The van der Waals surface area contributed by atoms with Gasteiger partial charge in [-0.3, -0.25) is 19.5 Å². The first kappa shape index (κ1) is 23.4. The SMILES string of the molecule is CNC(=O)c1cccc([C@H]2CN(Cc3ccccc3OCc3ccccn3)CCN2C(C)=O)c1. The largest absolute Gasteiger partial charge is 0.487 e. The van der Waals surface area contributed by atoms with Crippen molar-refractivity contribution in [2.45, 2.75) is 26.1 Å². The van der Waals surface area contributed by atoms with Crippen molar-refractivity contribution in [1.82, 2.24) is 20.1 Å². The molecule has 1 aliphatic rings. The van der Waals surface area contributed by atoms with Crippen molar-refractivity contribution in [2.75, 3.05) is 26.7 Å². The van der Waals surface area contributed by atoms with Crippen molar-refractivity contribution in [3.05, 3.63) is 95.3 Å². The molecule has 0 radical (unpaired) electrons. The molecule has 1 N–H and O–H groups in total. The minimum absolute atomic E-state index is 0.0362. The maximum absolute atomic E-state index is 12.4. The number of carbonyl (C=O) groups excluding carboxylic acids is 2. The summed E-state index contributed by atoms with van der Waals surface area (Å²) in [4.78, 5) is 33.1. The van der Waals surface area contributed by atoms with Crippen LogP contribution in [-0.2, 0) is 17.9 Å². The van der Waals surface area contributed by atoms with Crippen molar-refractivity contribution in [2.24, 2.45) is 0 Å². The van der Waals surface area contributed by atoms with Gasteiger partial charge in [0.1, 0.15) is 12.4 Å². The second-order valence-corrected chi connectivity index (χ2v) is 8.39. The first-order chi connectivity index (χ1) is 16.5. The molecule has 0 bridgehead atoms. The lowest BCUT2D eigenvalue weighted by Gasteiger charge is -2.41. The highest BCUT2D eigenvalue weighted by atomic mass is 16.5.